The first-order valence-electron chi connectivity index (χ1n) is 12.2. The lowest BCUT2D eigenvalue weighted by Crippen LogP contribution is -2.15. The highest BCUT2D eigenvalue weighted by Gasteiger charge is 2.20. The molecule has 32 heavy (non-hydrogen) atoms. The van der Waals surface area contributed by atoms with Crippen LogP contribution >= 0.6 is 0 Å². The Bertz CT molecular complexity index is 1020. The minimum atomic E-state index is -1.43. The fraction of sp³-hybridized carbons (Fsp3) is 0.448. The minimum absolute atomic E-state index is 0.345. The number of aryl methyl sites for hydroxylation is 1. The van der Waals surface area contributed by atoms with Gasteiger partial charge >= 0.3 is 0 Å². The topological polar surface area (TPSA) is 0 Å². The van der Waals surface area contributed by atoms with Crippen LogP contribution < -0.4 is 0 Å². The largest absolute Gasteiger partial charge is 0.204 e. The summed E-state index contributed by atoms with van der Waals surface area (Å²) in [5, 5.41) is 2.14. The molecule has 0 radical (unpaired) electrons. The van der Waals surface area contributed by atoms with Gasteiger partial charge in [-0.15, -0.1) is 0 Å². The van der Waals surface area contributed by atoms with E-state index in [4.69, 9.17) is 0 Å². The van der Waals surface area contributed by atoms with Gasteiger partial charge in [0.25, 0.3) is 0 Å². The Morgan fingerprint density at radius 3 is 2.00 bits per heavy atom. The maximum absolute atomic E-state index is 13.6. The molecule has 1 fully saturated rings. The fourth-order valence-corrected chi connectivity index (χ4v) is 5.22. The van der Waals surface area contributed by atoms with E-state index >= 15 is 0 Å². The summed E-state index contributed by atoms with van der Waals surface area (Å²) in [4.78, 5) is 0. The highest BCUT2D eigenvalue weighted by atomic mass is 19.2. The molecule has 3 heteroatoms. The molecule has 3 aromatic rings. The van der Waals surface area contributed by atoms with E-state index in [1.54, 1.807) is 0 Å². The second-order valence-corrected chi connectivity index (χ2v) is 9.57. The number of unbranched alkanes of at least 4 members (excludes halogenated alkanes) is 2. The molecule has 170 valence electrons. The van der Waals surface area contributed by atoms with Crippen molar-refractivity contribution in [2.75, 3.05) is 0 Å². The van der Waals surface area contributed by atoms with Crippen molar-refractivity contribution in [1.82, 2.24) is 0 Å². The van der Waals surface area contributed by atoms with Gasteiger partial charge < -0.3 is 0 Å². The summed E-state index contributed by atoms with van der Waals surface area (Å²) in [6.45, 7) is 2.27. The van der Waals surface area contributed by atoms with Crippen LogP contribution in [0.5, 0.6) is 0 Å². The molecular weight excluding hydrogens is 405 g/mol. The average molecular weight is 439 g/mol. The average Bonchev–Trinajstić information content (AvgIpc) is 2.81. The molecule has 0 spiro atoms. The van der Waals surface area contributed by atoms with Gasteiger partial charge in [0.15, 0.2) is 17.5 Å². The second-order valence-electron chi connectivity index (χ2n) is 9.57. The van der Waals surface area contributed by atoms with Crippen LogP contribution in [0, 0.1) is 29.3 Å². The molecule has 1 aliphatic carbocycles. The van der Waals surface area contributed by atoms with Crippen molar-refractivity contribution in [3.8, 4) is 11.1 Å². The van der Waals surface area contributed by atoms with E-state index < -0.39 is 17.5 Å². The Morgan fingerprint density at radius 2 is 1.31 bits per heavy atom. The van der Waals surface area contributed by atoms with Gasteiger partial charge in [-0.3, -0.25) is 0 Å². The van der Waals surface area contributed by atoms with Crippen LogP contribution in [0.2, 0.25) is 0 Å². The van der Waals surface area contributed by atoms with E-state index in [0.717, 1.165) is 41.2 Å². The molecule has 1 aliphatic rings. The van der Waals surface area contributed by atoms with E-state index in [2.05, 4.69) is 25.1 Å². The minimum Gasteiger partial charge on any atom is -0.204 e. The van der Waals surface area contributed by atoms with E-state index in [1.807, 2.05) is 18.2 Å². The zero-order valence-corrected chi connectivity index (χ0v) is 19.0. The number of hydrogen-bond donors (Lipinski definition) is 0. The van der Waals surface area contributed by atoms with Crippen LogP contribution in [0.15, 0.2) is 48.5 Å². The monoisotopic (exact) mass is 438 g/mol. The molecule has 1 saturated carbocycles. The number of fused-ring (bicyclic) bond motifs is 1. The van der Waals surface area contributed by atoms with E-state index in [1.165, 1.54) is 63.4 Å². The van der Waals surface area contributed by atoms with Crippen molar-refractivity contribution in [3.63, 3.8) is 0 Å². The summed E-state index contributed by atoms with van der Waals surface area (Å²) in [6.07, 6.45) is 13.4. The fourth-order valence-electron chi connectivity index (χ4n) is 5.22. The summed E-state index contributed by atoms with van der Waals surface area (Å²) < 4.78 is 40.5. The lowest BCUT2D eigenvalue weighted by molar-refractivity contribution is 0.249. The molecule has 0 bridgehead atoms. The molecular formula is C29H33F3. The smallest absolute Gasteiger partial charge is 0.194 e. The summed E-state index contributed by atoms with van der Waals surface area (Å²) in [7, 11) is 0. The van der Waals surface area contributed by atoms with Crippen molar-refractivity contribution < 1.29 is 13.2 Å². The summed E-state index contributed by atoms with van der Waals surface area (Å²) >= 11 is 0. The molecule has 0 amide bonds. The Labute approximate surface area is 189 Å². The van der Waals surface area contributed by atoms with Crippen LogP contribution in [-0.2, 0) is 6.42 Å². The van der Waals surface area contributed by atoms with Crippen molar-refractivity contribution >= 4 is 10.8 Å². The number of hydrogen-bond acceptors (Lipinski definition) is 0. The predicted molar refractivity (Wildman–Crippen MR) is 127 cm³/mol. The molecule has 0 aromatic heterocycles. The van der Waals surface area contributed by atoms with Crippen LogP contribution in [0.25, 0.3) is 21.9 Å². The van der Waals surface area contributed by atoms with Crippen molar-refractivity contribution in [3.05, 3.63) is 71.5 Å². The predicted octanol–water partition coefficient (Wildman–Crippen LogP) is 9.24. The third-order valence-corrected chi connectivity index (χ3v) is 7.25. The van der Waals surface area contributed by atoms with E-state index in [-0.39, 0.29) is 0 Å². The highest BCUT2D eigenvalue weighted by Crippen LogP contribution is 2.34. The standard InChI is InChI=1S/C29H33F3/c1-2-3-4-5-20-6-8-21(9-7-20)10-11-22-12-13-24-17-25(15-14-23(24)16-22)26-18-27(30)29(32)28(31)19-26/h12-21H,2-11H2,1H3/t20-,21-. The lowest BCUT2D eigenvalue weighted by atomic mass is 9.77. The summed E-state index contributed by atoms with van der Waals surface area (Å²) in [5.41, 5.74) is 2.37. The van der Waals surface area contributed by atoms with Crippen LogP contribution in [0.4, 0.5) is 13.2 Å². The SMILES string of the molecule is CCCCC[C@H]1CC[C@H](CCc2ccc3cc(-c4cc(F)c(F)c(F)c4)ccc3c2)CC1. The summed E-state index contributed by atoms with van der Waals surface area (Å²) in [6, 6.07) is 14.3. The molecule has 0 nitrogen and oxygen atoms in total. The quantitative estimate of drug-likeness (QED) is 0.243. The molecule has 4 rings (SSSR count). The first-order valence-corrected chi connectivity index (χ1v) is 12.2. The van der Waals surface area contributed by atoms with Crippen LogP contribution in [-0.4, -0.2) is 0 Å². The van der Waals surface area contributed by atoms with Gasteiger partial charge in [0.2, 0.25) is 0 Å². The molecule has 0 N–H and O–H groups in total. The van der Waals surface area contributed by atoms with Crippen LogP contribution in [0.1, 0.15) is 70.3 Å². The maximum Gasteiger partial charge on any atom is 0.194 e. The molecule has 0 heterocycles. The summed E-state index contributed by atoms with van der Waals surface area (Å²) in [5.74, 6) is -1.95. The third-order valence-electron chi connectivity index (χ3n) is 7.25. The highest BCUT2D eigenvalue weighted by molar-refractivity contribution is 5.87. The normalized spacial score (nSPS) is 18.9. The van der Waals surface area contributed by atoms with E-state index in [9.17, 15) is 13.2 Å². The van der Waals surface area contributed by atoms with Gasteiger partial charge in [-0.2, -0.15) is 0 Å². The van der Waals surface area contributed by atoms with Gasteiger partial charge in [-0.25, -0.2) is 13.2 Å². The second kappa shape index (κ2) is 10.6. The number of benzene rings is 3. The van der Waals surface area contributed by atoms with Crippen molar-refractivity contribution in [1.29, 1.82) is 0 Å². The molecule has 0 unspecified atom stereocenters. The van der Waals surface area contributed by atoms with Crippen molar-refractivity contribution in [2.45, 2.75) is 71.1 Å². The molecule has 0 saturated heterocycles. The van der Waals surface area contributed by atoms with Gasteiger partial charge in [-0.1, -0.05) is 88.6 Å². The Hall–Kier alpha value is -2.29. The number of halogens is 3. The van der Waals surface area contributed by atoms with Gasteiger partial charge in [0.1, 0.15) is 0 Å². The Kier molecular flexibility index (Phi) is 7.55. The van der Waals surface area contributed by atoms with Gasteiger partial charge in [0, 0.05) is 0 Å². The Balaban J connectivity index is 1.36. The maximum atomic E-state index is 13.6. The number of rotatable bonds is 8. The Morgan fingerprint density at radius 1 is 0.688 bits per heavy atom. The first-order chi connectivity index (χ1) is 15.5. The van der Waals surface area contributed by atoms with Gasteiger partial charge in [-0.05, 0) is 70.3 Å². The third kappa shape index (κ3) is 5.54. The lowest BCUT2D eigenvalue weighted by Gasteiger charge is -2.28. The zero-order chi connectivity index (χ0) is 22.5. The molecule has 0 aliphatic heterocycles. The first kappa shape index (κ1) is 22.9. The molecule has 3 aromatic carbocycles. The molecule has 0 atom stereocenters. The van der Waals surface area contributed by atoms with Gasteiger partial charge in [0.05, 0.1) is 0 Å². The van der Waals surface area contributed by atoms with Crippen LogP contribution in [0.3, 0.4) is 0 Å². The zero-order valence-electron chi connectivity index (χ0n) is 19.0. The van der Waals surface area contributed by atoms with E-state index in [0.29, 0.717) is 11.1 Å². The van der Waals surface area contributed by atoms with Crippen molar-refractivity contribution in [2.24, 2.45) is 11.8 Å².